The highest BCUT2D eigenvalue weighted by Gasteiger charge is 2.09. The first kappa shape index (κ1) is 23.7. The molecule has 3 rings (SSSR count). The first-order chi connectivity index (χ1) is 13.6. The predicted octanol–water partition coefficient (Wildman–Crippen LogP) is 4.31. The van der Waals surface area contributed by atoms with Crippen molar-refractivity contribution < 1.29 is 14.2 Å². The van der Waals surface area contributed by atoms with Crippen LogP contribution in [0.2, 0.25) is 0 Å². The lowest BCUT2D eigenvalue weighted by molar-refractivity contribution is 0.0384. The van der Waals surface area contributed by atoms with Crippen LogP contribution in [0, 0.1) is 5.82 Å². The van der Waals surface area contributed by atoms with Crippen LogP contribution in [0.25, 0.3) is 5.70 Å². The van der Waals surface area contributed by atoms with E-state index < -0.39 is 0 Å². The molecule has 1 heterocycles. The first-order valence-corrected chi connectivity index (χ1v) is 9.79. The molecular formula is C23H33FN2O2. The largest absolute Gasteiger partial charge is 0.508 e. The van der Waals surface area contributed by atoms with Crippen LogP contribution in [0.4, 0.5) is 4.39 Å². The summed E-state index contributed by atoms with van der Waals surface area (Å²) >= 11 is 0. The molecule has 5 heteroatoms. The van der Waals surface area contributed by atoms with Crippen molar-refractivity contribution in [3.05, 3.63) is 72.1 Å². The summed E-state index contributed by atoms with van der Waals surface area (Å²) in [5, 5.41) is 11.9. The summed E-state index contributed by atoms with van der Waals surface area (Å²) in [7, 11) is 1.81. The van der Waals surface area contributed by atoms with Crippen molar-refractivity contribution in [2.45, 2.75) is 20.3 Å². The molecule has 1 aliphatic heterocycles. The lowest BCUT2D eigenvalue weighted by atomic mass is 10.1. The lowest BCUT2D eigenvalue weighted by Crippen LogP contribution is -2.37. The molecule has 0 aliphatic carbocycles. The van der Waals surface area contributed by atoms with Crippen molar-refractivity contribution in [1.82, 2.24) is 10.2 Å². The Bertz CT molecular complexity index is 666. The van der Waals surface area contributed by atoms with Gasteiger partial charge in [0.2, 0.25) is 0 Å². The quantitative estimate of drug-likeness (QED) is 0.801. The van der Waals surface area contributed by atoms with Gasteiger partial charge in [0.25, 0.3) is 0 Å². The van der Waals surface area contributed by atoms with Crippen molar-refractivity contribution in [1.29, 1.82) is 0 Å². The molecule has 0 bridgehead atoms. The Balaban J connectivity index is 0.000000268. The SMILES string of the molecule is C=C(NC)c1ccc(O)cc1.CC.Fc1ccc(CCN2CCOCC2)cc1. The molecule has 0 aromatic heterocycles. The molecule has 0 unspecified atom stereocenters. The van der Waals surface area contributed by atoms with E-state index in [0.717, 1.165) is 50.5 Å². The number of morpholine rings is 1. The van der Waals surface area contributed by atoms with Gasteiger partial charge in [0.05, 0.1) is 13.2 Å². The van der Waals surface area contributed by atoms with E-state index in [0.29, 0.717) is 0 Å². The first-order valence-electron chi connectivity index (χ1n) is 9.79. The van der Waals surface area contributed by atoms with E-state index in [-0.39, 0.29) is 11.6 Å². The topological polar surface area (TPSA) is 44.7 Å². The Labute approximate surface area is 168 Å². The third kappa shape index (κ3) is 9.02. The number of aromatic hydroxyl groups is 1. The van der Waals surface area contributed by atoms with Gasteiger partial charge in [0, 0.05) is 32.4 Å². The van der Waals surface area contributed by atoms with E-state index in [1.165, 1.54) is 17.7 Å². The fraction of sp³-hybridized carbons (Fsp3) is 0.391. The number of hydrogen-bond donors (Lipinski definition) is 2. The number of halogens is 1. The minimum atomic E-state index is -0.162. The number of nitrogens with zero attached hydrogens (tertiary/aromatic N) is 1. The molecule has 2 aromatic rings. The summed E-state index contributed by atoms with van der Waals surface area (Å²) in [5.74, 6) is 0.114. The molecule has 0 amide bonds. The summed E-state index contributed by atoms with van der Waals surface area (Å²) in [6, 6.07) is 13.7. The Morgan fingerprint density at radius 3 is 2.18 bits per heavy atom. The molecule has 4 nitrogen and oxygen atoms in total. The van der Waals surface area contributed by atoms with Crippen molar-refractivity contribution in [3.8, 4) is 5.75 Å². The maximum Gasteiger partial charge on any atom is 0.123 e. The smallest absolute Gasteiger partial charge is 0.123 e. The molecule has 0 saturated carbocycles. The van der Waals surface area contributed by atoms with Gasteiger partial charge < -0.3 is 15.2 Å². The fourth-order valence-corrected chi connectivity index (χ4v) is 2.57. The summed E-state index contributed by atoms with van der Waals surface area (Å²) in [6.07, 6.45) is 0.986. The van der Waals surface area contributed by atoms with E-state index in [1.807, 2.05) is 45.2 Å². The standard InChI is InChI=1S/C12H16FNO.C9H11NO.C2H6/c13-12-3-1-11(2-4-12)5-6-14-7-9-15-10-8-14;1-7(10-2)8-3-5-9(11)6-4-8;1-2/h1-4H,5-10H2;3-6,10-11H,1H2,2H3;1-2H3. The molecular weight excluding hydrogens is 355 g/mol. The van der Waals surface area contributed by atoms with Gasteiger partial charge in [-0.3, -0.25) is 4.90 Å². The molecule has 1 aliphatic rings. The Morgan fingerprint density at radius 1 is 1.07 bits per heavy atom. The zero-order valence-electron chi connectivity index (χ0n) is 17.2. The van der Waals surface area contributed by atoms with Crippen molar-refractivity contribution in [2.75, 3.05) is 39.9 Å². The number of ether oxygens (including phenoxy) is 1. The molecule has 28 heavy (non-hydrogen) atoms. The van der Waals surface area contributed by atoms with E-state index in [9.17, 15) is 4.39 Å². The average molecular weight is 389 g/mol. The molecule has 0 spiro atoms. The van der Waals surface area contributed by atoms with Gasteiger partial charge in [-0.1, -0.05) is 32.6 Å². The number of phenolic OH excluding ortho intramolecular Hbond substituents is 1. The highest BCUT2D eigenvalue weighted by Crippen LogP contribution is 2.13. The maximum atomic E-state index is 12.7. The van der Waals surface area contributed by atoms with Crippen LogP contribution in [0.15, 0.2) is 55.1 Å². The molecule has 154 valence electrons. The van der Waals surface area contributed by atoms with Crippen LogP contribution >= 0.6 is 0 Å². The molecule has 0 atom stereocenters. The van der Waals surface area contributed by atoms with Crippen LogP contribution in [0.1, 0.15) is 25.0 Å². The lowest BCUT2D eigenvalue weighted by Gasteiger charge is -2.26. The molecule has 0 radical (unpaired) electrons. The summed E-state index contributed by atoms with van der Waals surface area (Å²) in [5.41, 5.74) is 3.04. The molecule has 2 aromatic carbocycles. The molecule has 2 N–H and O–H groups in total. The normalized spacial score (nSPS) is 13.4. The third-order valence-corrected chi connectivity index (χ3v) is 4.25. The van der Waals surface area contributed by atoms with Crippen molar-refractivity contribution >= 4 is 5.70 Å². The average Bonchev–Trinajstić information content (AvgIpc) is 2.76. The zero-order chi connectivity index (χ0) is 20.8. The van der Waals surface area contributed by atoms with Crippen LogP contribution in [-0.2, 0) is 11.2 Å². The summed E-state index contributed by atoms with van der Waals surface area (Å²) in [6.45, 7) is 12.5. The highest BCUT2D eigenvalue weighted by atomic mass is 19.1. The van der Waals surface area contributed by atoms with E-state index in [1.54, 1.807) is 12.1 Å². The minimum absolute atomic E-state index is 0.162. The highest BCUT2D eigenvalue weighted by molar-refractivity contribution is 5.61. The van der Waals surface area contributed by atoms with Gasteiger partial charge in [-0.05, 0) is 53.9 Å². The third-order valence-electron chi connectivity index (χ3n) is 4.25. The van der Waals surface area contributed by atoms with Crippen LogP contribution in [0.5, 0.6) is 5.75 Å². The molecule has 1 fully saturated rings. The number of rotatable bonds is 5. The van der Waals surface area contributed by atoms with Crippen molar-refractivity contribution in [3.63, 3.8) is 0 Å². The van der Waals surface area contributed by atoms with Gasteiger partial charge in [0.1, 0.15) is 11.6 Å². The van der Waals surface area contributed by atoms with E-state index >= 15 is 0 Å². The van der Waals surface area contributed by atoms with E-state index in [4.69, 9.17) is 9.84 Å². The van der Waals surface area contributed by atoms with E-state index in [2.05, 4.69) is 16.8 Å². The second-order valence-corrected chi connectivity index (χ2v) is 6.11. The zero-order valence-corrected chi connectivity index (χ0v) is 17.2. The van der Waals surface area contributed by atoms with Crippen LogP contribution < -0.4 is 5.32 Å². The van der Waals surface area contributed by atoms with Crippen molar-refractivity contribution in [2.24, 2.45) is 0 Å². The van der Waals surface area contributed by atoms with Gasteiger partial charge in [-0.25, -0.2) is 4.39 Å². The fourth-order valence-electron chi connectivity index (χ4n) is 2.57. The minimum Gasteiger partial charge on any atom is -0.508 e. The monoisotopic (exact) mass is 388 g/mol. The number of nitrogens with one attached hydrogen (secondary N) is 1. The number of benzene rings is 2. The Kier molecular flexibility index (Phi) is 11.6. The predicted molar refractivity (Wildman–Crippen MR) is 115 cm³/mol. The van der Waals surface area contributed by atoms with Crippen LogP contribution in [0.3, 0.4) is 0 Å². The second kappa shape index (κ2) is 13.7. The molecule has 1 saturated heterocycles. The Hall–Kier alpha value is -2.37. The van der Waals surface area contributed by atoms with Gasteiger partial charge >= 0.3 is 0 Å². The van der Waals surface area contributed by atoms with Gasteiger partial charge in [-0.2, -0.15) is 0 Å². The summed E-state index contributed by atoms with van der Waals surface area (Å²) < 4.78 is 17.9. The van der Waals surface area contributed by atoms with Gasteiger partial charge in [0.15, 0.2) is 0 Å². The number of phenols is 1. The summed E-state index contributed by atoms with van der Waals surface area (Å²) in [4.78, 5) is 2.38. The second-order valence-electron chi connectivity index (χ2n) is 6.11. The van der Waals surface area contributed by atoms with Crippen LogP contribution in [-0.4, -0.2) is 49.9 Å². The number of hydrogen-bond acceptors (Lipinski definition) is 4. The Morgan fingerprint density at radius 2 is 1.64 bits per heavy atom. The van der Waals surface area contributed by atoms with Gasteiger partial charge in [-0.15, -0.1) is 0 Å². The maximum absolute atomic E-state index is 12.7.